The van der Waals surface area contributed by atoms with Gasteiger partial charge in [-0.3, -0.25) is 4.79 Å². The van der Waals surface area contributed by atoms with E-state index in [9.17, 15) is 9.18 Å². The molecule has 0 saturated carbocycles. The summed E-state index contributed by atoms with van der Waals surface area (Å²) in [6.45, 7) is 0. The van der Waals surface area contributed by atoms with E-state index in [1.807, 2.05) is 0 Å². The molecule has 0 amide bonds. The Bertz CT molecular complexity index is 322. The number of Topliss-reactive ketones (excluding diaryl/α,β-unsaturated/α-hetero) is 1. The van der Waals surface area contributed by atoms with Crippen LogP contribution in [-0.2, 0) is 0 Å². The maximum absolute atomic E-state index is 12.6. The standard InChI is InChI=1S/C8H5FOS/c9-5-1-2-8-6(3-5)7(10)4-11-8/h1-3H,4H2. The molecular weight excluding hydrogens is 163 g/mol. The average Bonchev–Trinajstić information content (AvgIpc) is 2.33. The fourth-order valence-electron chi connectivity index (χ4n) is 1.07. The monoisotopic (exact) mass is 168 g/mol. The molecule has 0 fully saturated rings. The van der Waals surface area contributed by atoms with E-state index < -0.39 is 0 Å². The average molecular weight is 168 g/mol. The second kappa shape index (κ2) is 2.34. The predicted octanol–water partition coefficient (Wildman–Crippen LogP) is 2.11. The van der Waals surface area contributed by atoms with Crippen molar-refractivity contribution in [1.82, 2.24) is 0 Å². The number of fused-ring (bicyclic) bond motifs is 1. The minimum atomic E-state index is -0.334. The quantitative estimate of drug-likeness (QED) is 0.590. The van der Waals surface area contributed by atoms with E-state index in [2.05, 4.69) is 0 Å². The smallest absolute Gasteiger partial charge is 0.174 e. The lowest BCUT2D eigenvalue weighted by molar-refractivity contribution is 0.102. The Morgan fingerprint density at radius 2 is 2.27 bits per heavy atom. The first kappa shape index (κ1) is 6.85. The Morgan fingerprint density at radius 3 is 3.09 bits per heavy atom. The lowest BCUT2D eigenvalue weighted by atomic mass is 10.1. The maximum atomic E-state index is 12.6. The van der Waals surface area contributed by atoms with Crippen molar-refractivity contribution < 1.29 is 9.18 Å². The number of rotatable bonds is 0. The highest BCUT2D eigenvalue weighted by Crippen LogP contribution is 2.31. The molecule has 11 heavy (non-hydrogen) atoms. The van der Waals surface area contributed by atoms with Gasteiger partial charge in [-0.25, -0.2) is 4.39 Å². The summed E-state index contributed by atoms with van der Waals surface area (Å²) < 4.78 is 12.6. The van der Waals surface area contributed by atoms with Gasteiger partial charge in [-0.15, -0.1) is 11.8 Å². The fourth-order valence-corrected chi connectivity index (χ4v) is 2.00. The highest BCUT2D eigenvalue weighted by atomic mass is 32.2. The van der Waals surface area contributed by atoms with E-state index in [1.54, 1.807) is 6.07 Å². The van der Waals surface area contributed by atoms with Crippen molar-refractivity contribution in [3.8, 4) is 0 Å². The van der Waals surface area contributed by atoms with E-state index >= 15 is 0 Å². The summed E-state index contributed by atoms with van der Waals surface area (Å²) in [5.41, 5.74) is 0.537. The van der Waals surface area contributed by atoms with Gasteiger partial charge in [-0.05, 0) is 18.2 Å². The molecule has 0 aliphatic carbocycles. The highest BCUT2D eigenvalue weighted by molar-refractivity contribution is 8.00. The van der Waals surface area contributed by atoms with Crippen molar-refractivity contribution >= 4 is 17.5 Å². The van der Waals surface area contributed by atoms with Crippen LogP contribution >= 0.6 is 11.8 Å². The summed E-state index contributed by atoms with van der Waals surface area (Å²) in [4.78, 5) is 11.9. The zero-order valence-corrected chi connectivity index (χ0v) is 6.45. The van der Waals surface area contributed by atoms with Crippen LogP contribution in [0.25, 0.3) is 0 Å². The first-order valence-electron chi connectivity index (χ1n) is 3.23. The molecule has 3 heteroatoms. The maximum Gasteiger partial charge on any atom is 0.174 e. The largest absolute Gasteiger partial charge is 0.293 e. The number of hydrogen-bond donors (Lipinski definition) is 0. The van der Waals surface area contributed by atoms with Gasteiger partial charge in [-0.2, -0.15) is 0 Å². The number of hydrogen-bond acceptors (Lipinski definition) is 2. The Hall–Kier alpha value is -0.830. The number of halogens is 1. The van der Waals surface area contributed by atoms with E-state index in [0.717, 1.165) is 4.90 Å². The van der Waals surface area contributed by atoms with Crippen molar-refractivity contribution in [2.45, 2.75) is 4.90 Å². The molecule has 0 spiro atoms. The molecule has 0 radical (unpaired) electrons. The Morgan fingerprint density at radius 1 is 1.45 bits per heavy atom. The van der Waals surface area contributed by atoms with Gasteiger partial charge < -0.3 is 0 Å². The molecular formula is C8H5FOS. The highest BCUT2D eigenvalue weighted by Gasteiger charge is 2.19. The third kappa shape index (κ3) is 1.05. The second-order valence-corrected chi connectivity index (χ2v) is 3.37. The van der Waals surface area contributed by atoms with Gasteiger partial charge in [0.1, 0.15) is 5.82 Å². The van der Waals surface area contributed by atoms with Gasteiger partial charge in [-0.1, -0.05) is 0 Å². The van der Waals surface area contributed by atoms with Crippen LogP contribution in [0.15, 0.2) is 23.1 Å². The number of ketones is 1. The van der Waals surface area contributed by atoms with Gasteiger partial charge in [0.05, 0.1) is 5.75 Å². The fraction of sp³-hybridized carbons (Fsp3) is 0.125. The zero-order valence-electron chi connectivity index (χ0n) is 5.63. The third-order valence-electron chi connectivity index (χ3n) is 1.60. The summed E-state index contributed by atoms with van der Waals surface area (Å²) >= 11 is 1.47. The van der Waals surface area contributed by atoms with Crippen molar-refractivity contribution in [2.75, 3.05) is 5.75 Å². The minimum Gasteiger partial charge on any atom is -0.293 e. The summed E-state index contributed by atoms with van der Waals surface area (Å²) in [7, 11) is 0. The molecule has 1 aromatic rings. The number of thioether (sulfide) groups is 1. The lowest BCUT2D eigenvalue weighted by Crippen LogP contribution is -1.94. The molecule has 0 saturated heterocycles. The van der Waals surface area contributed by atoms with Crippen LogP contribution in [0, 0.1) is 5.82 Å². The SMILES string of the molecule is O=C1CSc2ccc(F)cc21. The van der Waals surface area contributed by atoms with E-state index in [1.165, 1.54) is 23.9 Å². The van der Waals surface area contributed by atoms with Crippen LogP contribution in [0.3, 0.4) is 0 Å². The molecule has 0 N–H and O–H groups in total. The lowest BCUT2D eigenvalue weighted by Gasteiger charge is -1.93. The minimum absolute atomic E-state index is 0.0319. The van der Waals surface area contributed by atoms with Crippen molar-refractivity contribution in [1.29, 1.82) is 0 Å². The van der Waals surface area contributed by atoms with Crippen LogP contribution in [0.1, 0.15) is 10.4 Å². The topological polar surface area (TPSA) is 17.1 Å². The van der Waals surface area contributed by atoms with Crippen LogP contribution in [0.4, 0.5) is 4.39 Å². The molecule has 1 nitrogen and oxygen atoms in total. The molecule has 1 aliphatic heterocycles. The Labute approximate surface area is 67.6 Å². The Kier molecular flexibility index (Phi) is 1.46. The Balaban J connectivity index is 2.60. The van der Waals surface area contributed by atoms with Crippen LogP contribution in [0.5, 0.6) is 0 Å². The van der Waals surface area contributed by atoms with Gasteiger partial charge in [0, 0.05) is 10.5 Å². The number of carbonyl (C=O) groups excluding carboxylic acids is 1. The van der Waals surface area contributed by atoms with E-state index in [-0.39, 0.29) is 11.6 Å². The molecule has 0 bridgehead atoms. The summed E-state index contributed by atoms with van der Waals surface area (Å²) in [6.07, 6.45) is 0. The van der Waals surface area contributed by atoms with Crippen LogP contribution in [-0.4, -0.2) is 11.5 Å². The summed E-state index contributed by atoms with van der Waals surface area (Å²) in [6, 6.07) is 4.34. The predicted molar refractivity (Wildman–Crippen MR) is 41.5 cm³/mol. The van der Waals surface area contributed by atoms with Gasteiger partial charge >= 0.3 is 0 Å². The first-order valence-corrected chi connectivity index (χ1v) is 4.21. The zero-order chi connectivity index (χ0) is 7.84. The molecule has 2 rings (SSSR count). The summed E-state index contributed by atoms with van der Waals surface area (Å²) in [5, 5.41) is 0. The molecule has 0 aromatic heterocycles. The van der Waals surface area contributed by atoms with Gasteiger partial charge in [0.2, 0.25) is 0 Å². The van der Waals surface area contributed by atoms with E-state index in [0.29, 0.717) is 11.3 Å². The first-order chi connectivity index (χ1) is 5.27. The molecule has 1 aliphatic rings. The number of carbonyl (C=O) groups is 1. The molecule has 1 aromatic carbocycles. The van der Waals surface area contributed by atoms with Gasteiger partial charge in [0.15, 0.2) is 5.78 Å². The van der Waals surface area contributed by atoms with E-state index in [4.69, 9.17) is 0 Å². The molecule has 1 heterocycles. The van der Waals surface area contributed by atoms with Crippen LogP contribution in [0.2, 0.25) is 0 Å². The van der Waals surface area contributed by atoms with Crippen LogP contribution < -0.4 is 0 Å². The molecule has 0 atom stereocenters. The van der Waals surface area contributed by atoms with Crippen molar-refractivity contribution in [3.63, 3.8) is 0 Å². The molecule has 0 unspecified atom stereocenters. The number of benzene rings is 1. The normalized spacial score (nSPS) is 15.2. The second-order valence-electron chi connectivity index (χ2n) is 2.35. The summed E-state index contributed by atoms with van der Waals surface area (Å²) in [5.74, 6) is 0.155. The third-order valence-corrected chi connectivity index (χ3v) is 2.67. The van der Waals surface area contributed by atoms with Crippen molar-refractivity contribution in [2.24, 2.45) is 0 Å². The van der Waals surface area contributed by atoms with Crippen molar-refractivity contribution in [3.05, 3.63) is 29.6 Å². The molecule has 56 valence electrons. The van der Waals surface area contributed by atoms with Gasteiger partial charge in [0.25, 0.3) is 0 Å².